The largest absolute Gasteiger partial charge is 0.312 e. The van der Waals surface area contributed by atoms with E-state index in [0.29, 0.717) is 0 Å². The third kappa shape index (κ3) is 1.93. The molecule has 0 spiro atoms. The summed E-state index contributed by atoms with van der Waals surface area (Å²) in [6, 6.07) is 12.6. The van der Waals surface area contributed by atoms with E-state index in [1.807, 2.05) is 12.3 Å². The van der Waals surface area contributed by atoms with Crippen LogP contribution in [0.1, 0.15) is 17.7 Å². The summed E-state index contributed by atoms with van der Waals surface area (Å²) in [6.07, 6.45) is 5.65. The van der Waals surface area contributed by atoms with Crippen LogP contribution < -0.4 is 0 Å². The third-order valence-corrected chi connectivity index (χ3v) is 3.57. The van der Waals surface area contributed by atoms with Crippen LogP contribution in [-0.4, -0.2) is 9.55 Å². The van der Waals surface area contributed by atoms with E-state index in [4.69, 9.17) is 0 Å². The molecule has 0 aliphatic carbocycles. The molecule has 0 atom stereocenters. The number of aryl methyl sites for hydroxylation is 1. The molecule has 3 aromatic rings. The first-order valence-corrected chi connectivity index (χ1v) is 6.61. The first kappa shape index (κ1) is 12.0. The van der Waals surface area contributed by atoms with E-state index in [9.17, 15) is 0 Å². The fourth-order valence-corrected chi connectivity index (χ4v) is 2.75. The number of hydrogen-bond donors (Lipinski definition) is 0. The van der Waals surface area contributed by atoms with Crippen molar-refractivity contribution in [3.63, 3.8) is 0 Å². The lowest BCUT2D eigenvalue weighted by molar-refractivity contribution is 0.954. The van der Waals surface area contributed by atoms with Crippen LogP contribution in [0.15, 0.2) is 48.8 Å². The van der Waals surface area contributed by atoms with Gasteiger partial charge in [-0.25, -0.2) is 0 Å². The van der Waals surface area contributed by atoms with Gasteiger partial charge in [-0.15, -0.1) is 0 Å². The van der Waals surface area contributed by atoms with Gasteiger partial charge in [0.15, 0.2) is 0 Å². The zero-order chi connectivity index (χ0) is 13.2. The molecule has 0 N–H and O–H groups in total. The van der Waals surface area contributed by atoms with Gasteiger partial charge in [0.1, 0.15) is 0 Å². The molecule has 0 unspecified atom stereocenters. The molecule has 0 amide bonds. The zero-order valence-electron chi connectivity index (χ0n) is 11.1. The summed E-state index contributed by atoms with van der Waals surface area (Å²) in [5.41, 5.74) is 5.05. The Morgan fingerprint density at radius 1 is 1.16 bits per heavy atom. The summed E-state index contributed by atoms with van der Waals surface area (Å²) in [5, 5.41) is 1.33. The Morgan fingerprint density at radius 2 is 2.00 bits per heavy atom. The predicted octanol–water partition coefficient (Wildman–Crippen LogP) is 4.10. The lowest BCUT2D eigenvalue weighted by Crippen LogP contribution is -1.97. The van der Waals surface area contributed by atoms with E-state index in [1.54, 1.807) is 6.20 Å². The van der Waals surface area contributed by atoms with Crippen molar-refractivity contribution in [3.8, 4) is 5.69 Å². The molecule has 95 valence electrons. The van der Waals surface area contributed by atoms with Crippen LogP contribution in [0.3, 0.4) is 0 Å². The predicted molar refractivity (Wildman–Crippen MR) is 79.5 cm³/mol. The maximum Gasteiger partial charge on any atom is 0.0641 e. The third-order valence-electron chi connectivity index (χ3n) is 3.57. The molecular weight excluding hydrogens is 232 g/mol. The molecule has 0 saturated heterocycles. The van der Waals surface area contributed by atoms with Crippen LogP contribution in [-0.2, 0) is 6.42 Å². The second kappa shape index (κ2) is 4.88. The Kier molecular flexibility index (Phi) is 3.08. The summed E-state index contributed by atoms with van der Waals surface area (Å²) in [7, 11) is 0. The molecule has 0 bridgehead atoms. The molecule has 0 saturated carbocycles. The summed E-state index contributed by atoms with van der Waals surface area (Å²) in [6.45, 7) is 6.17. The number of nitrogens with zero attached hydrogens (tertiary/aromatic N) is 2. The maximum atomic E-state index is 4.23. The summed E-state index contributed by atoms with van der Waals surface area (Å²) in [4.78, 5) is 4.23. The maximum absolute atomic E-state index is 4.23. The molecule has 3 rings (SSSR count). The molecule has 1 aromatic carbocycles. The highest BCUT2D eigenvalue weighted by Gasteiger charge is 2.13. The number of para-hydroxylation sites is 1. The highest BCUT2D eigenvalue weighted by molar-refractivity contribution is 5.87. The van der Waals surface area contributed by atoms with Gasteiger partial charge in [0.05, 0.1) is 17.4 Å². The van der Waals surface area contributed by atoms with Crippen molar-refractivity contribution < 1.29 is 0 Å². The number of aromatic nitrogens is 2. The smallest absolute Gasteiger partial charge is 0.0641 e. The summed E-state index contributed by atoms with van der Waals surface area (Å²) >= 11 is 0. The minimum atomic E-state index is 0.919. The lowest BCUT2D eigenvalue weighted by Gasteiger charge is -2.08. The van der Waals surface area contributed by atoms with Crippen LogP contribution >= 0.6 is 0 Å². The molecule has 2 nitrogen and oxygen atoms in total. The Morgan fingerprint density at radius 3 is 2.74 bits per heavy atom. The topological polar surface area (TPSA) is 17.8 Å². The molecule has 2 heterocycles. The molecule has 19 heavy (non-hydrogen) atoms. The van der Waals surface area contributed by atoms with Crippen LogP contribution in [0.25, 0.3) is 16.6 Å². The fourth-order valence-electron chi connectivity index (χ4n) is 2.75. The van der Waals surface area contributed by atoms with E-state index in [2.05, 4.69) is 53.7 Å². The highest BCUT2D eigenvalue weighted by Crippen LogP contribution is 2.29. The molecule has 0 fully saturated rings. The van der Waals surface area contributed by atoms with Crippen LogP contribution in [0, 0.1) is 13.8 Å². The fraction of sp³-hybridized carbons (Fsp3) is 0.176. The number of pyridine rings is 1. The van der Waals surface area contributed by atoms with Gasteiger partial charge >= 0.3 is 0 Å². The Hall–Kier alpha value is -2.09. The van der Waals surface area contributed by atoms with Gasteiger partial charge in [-0.05, 0) is 43.5 Å². The quantitative estimate of drug-likeness (QED) is 0.683. The van der Waals surface area contributed by atoms with Crippen LogP contribution in [0.2, 0.25) is 0 Å². The lowest BCUT2D eigenvalue weighted by atomic mass is 10.1. The molecule has 0 aliphatic heterocycles. The van der Waals surface area contributed by atoms with Gasteiger partial charge in [0, 0.05) is 17.3 Å². The van der Waals surface area contributed by atoms with E-state index < -0.39 is 0 Å². The van der Waals surface area contributed by atoms with E-state index >= 15 is 0 Å². The Bertz CT molecular complexity index is 696. The second-order valence-corrected chi connectivity index (χ2v) is 4.73. The van der Waals surface area contributed by atoms with Crippen molar-refractivity contribution in [2.45, 2.75) is 19.8 Å². The molecular formula is C17H17N2. The number of hydrogen-bond acceptors (Lipinski definition) is 1. The van der Waals surface area contributed by atoms with E-state index in [0.717, 1.165) is 18.5 Å². The van der Waals surface area contributed by atoms with Crippen molar-refractivity contribution in [1.29, 1.82) is 0 Å². The summed E-state index contributed by atoms with van der Waals surface area (Å²) < 4.78 is 2.29. The van der Waals surface area contributed by atoms with Gasteiger partial charge in [-0.3, -0.25) is 4.98 Å². The van der Waals surface area contributed by atoms with E-state index in [-0.39, 0.29) is 0 Å². The van der Waals surface area contributed by atoms with Gasteiger partial charge < -0.3 is 4.57 Å². The summed E-state index contributed by atoms with van der Waals surface area (Å²) in [5.74, 6) is 0. The van der Waals surface area contributed by atoms with Gasteiger partial charge in [0.2, 0.25) is 0 Å². The Labute approximate surface area is 113 Å². The van der Waals surface area contributed by atoms with Crippen LogP contribution in [0.5, 0.6) is 0 Å². The average molecular weight is 249 g/mol. The van der Waals surface area contributed by atoms with Gasteiger partial charge in [-0.2, -0.15) is 0 Å². The zero-order valence-corrected chi connectivity index (χ0v) is 11.1. The average Bonchev–Trinajstić information content (AvgIpc) is 2.73. The monoisotopic (exact) mass is 249 g/mol. The normalized spacial score (nSPS) is 11.1. The van der Waals surface area contributed by atoms with Crippen molar-refractivity contribution >= 4 is 10.9 Å². The molecule has 2 heteroatoms. The molecule has 1 radical (unpaired) electrons. The SMILES string of the molecule is [CH2]CCc1c(C)n(-c2cccnc2)c2ccccc12. The minimum Gasteiger partial charge on any atom is -0.312 e. The van der Waals surface area contributed by atoms with Gasteiger partial charge in [-0.1, -0.05) is 25.1 Å². The van der Waals surface area contributed by atoms with Crippen molar-refractivity contribution in [1.82, 2.24) is 9.55 Å². The van der Waals surface area contributed by atoms with Crippen molar-refractivity contribution in [2.75, 3.05) is 0 Å². The molecule has 0 aliphatic rings. The Balaban J connectivity index is 2.33. The van der Waals surface area contributed by atoms with Crippen molar-refractivity contribution in [2.24, 2.45) is 0 Å². The number of rotatable bonds is 3. The first-order valence-electron chi connectivity index (χ1n) is 6.61. The number of fused-ring (bicyclic) bond motifs is 1. The molecule has 2 aromatic heterocycles. The number of benzene rings is 1. The van der Waals surface area contributed by atoms with E-state index in [1.165, 1.54) is 22.2 Å². The second-order valence-electron chi connectivity index (χ2n) is 4.73. The highest BCUT2D eigenvalue weighted by atomic mass is 15.0. The standard InChI is InChI=1S/C17H17N2/c1-3-7-15-13(2)19(14-8-6-11-18-12-14)17-10-5-4-9-16(15)17/h4-6,8-12H,1,3,7H2,2H3. The van der Waals surface area contributed by atoms with Crippen molar-refractivity contribution in [3.05, 3.63) is 67.0 Å². The van der Waals surface area contributed by atoms with Gasteiger partial charge in [0.25, 0.3) is 0 Å². The first-order chi connectivity index (χ1) is 9.33. The minimum absolute atomic E-state index is 0.919. The van der Waals surface area contributed by atoms with Crippen LogP contribution in [0.4, 0.5) is 0 Å².